The van der Waals surface area contributed by atoms with Crippen LogP contribution in [0.5, 0.6) is 0 Å². The van der Waals surface area contributed by atoms with Gasteiger partial charge in [0.15, 0.2) is 0 Å². The fraction of sp³-hybridized carbons (Fsp3) is 0.333. The van der Waals surface area contributed by atoms with E-state index in [0.717, 1.165) is 0 Å². The summed E-state index contributed by atoms with van der Waals surface area (Å²) in [6.45, 7) is 1.95. The average Bonchev–Trinajstić information content (AvgIpc) is 2.34. The van der Waals surface area contributed by atoms with E-state index >= 15 is 0 Å². The number of carbonyl (C=O) groups is 1. The third-order valence-corrected chi connectivity index (χ3v) is 4.96. The van der Waals surface area contributed by atoms with Crippen LogP contribution >= 0.6 is 20.3 Å². The van der Waals surface area contributed by atoms with E-state index in [2.05, 4.69) is 0 Å². The molecular formula is C6H8O2S2. The fourth-order valence-electron chi connectivity index (χ4n) is 0.590. The Labute approximate surface area is 65.6 Å². The molecule has 0 saturated carbocycles. The first-order valence-corrected chi connectivity index (χ1v) is 5.58. The molecule has 1 heterocycles. The molecule has 0 amide bonds. The number of rotatable bonds is 1. The maximum atomic E-state index is 10.4. The van der Waals surface area contributed by atoms with E-state index in [9.17, 15) is 4.79 Å². The Bertz CT molecular complexity index is 208. The summed E-state index contributed by atoms with van der Waals surface area (Å²) < 4.78 is 0. The highest BCUT2D eigenvalue weighted by Crippen LogP contribution is 2.41. The third-order valence-electron chi connectivity index (χ3n) is 1.08. The molecule has 0 aromatic rings. The third kappa shape index (κ3) is 1.64. The normalized spacial score (nSPS) is 31.3. The monoisotopic (exact) mass is 176 g/mol. The van der Waals surface area contributed by atoms with Crippen LogP contribution in [-0.2, 0) is 4.79 Å². The van der Waals surface area contributed by atoms with Crippen molar-refractivity contribution in [3.05, 3.63) is 11.5 Å². The molecule has 1 N–H and O–H groups in total. The van der Waals surface area contributed by atoms with E-state index in [0.29, 0.717) is 0 Å². The van der Waals surface area contributed by atoms with Gasteiger partial charge in [-0.25, -0.2) is 0 Å². The number of carboxylic acids is 1. The van der Waals surface area contributed by atoms with E-state index in [-0.39, 0.29) is 14.8 Å². The van der Waals surface area contributed by atoms with Crippen molar-refractivity contribution in [1.29, 1.82) is 0 Å². The lowest BCUT2D eigenvalue weighted by Gasteiger charge is -1.98. The first-order chi connectivity index (χ1) is 4.74. The van der Waals surface area contributed by atoms with Gasteiger partial charge >= 0.3 is 5.97 Å². The lowest BCUT2D eigenvalue weighted by Crippen LogP contribution is -2.09. The lowest BCUT2D eigenvalue weighted by atomic mass is 10.4. The van der Waals surface area contributed by atoms with Crippen molar-refractivity contribution >= 4 is 31.6 Å². The van der Waals surface area contributed by atoms with Crippen molar-refractivity contribution in [3.8, 4) is 0 Å². The predicted octanol–water partition coefficient (Wildman–Crippen LogP) is 1.71. The molecule has 56 valence electrons. The smallest absolute Gasteiger partial charge is 0.321 e. The summed E-state index contributed by atoms with van der Waals surface area (Å²) in [5.74, 6) is -0.738. The Morgan fingerprint density at radius 1 is 1.90 bits per heavy atom. The largest absolute Gasteiger partial charge is 0.480 e. The Hall–Kier alpha value is -0.220. The zero-order valence-electron chi connectivity index (χ0n) is 5.48. The molecule has 1 aliphatic rings. The second-order valence-electron chi connectivity index (χ2n) is 1.75. The van der Waals surface area contributed by atoms with Crippen molar-refractivity contribution in [2.75, 3.05) is 0 Å². The molecule has 10 heavy (non-hydrogen) atoms. The summed E-state index contributed by atoms with van der Waals surface area (Å²) in [5, 5.41) is 12.2. The molecule has 0 fully saturated rings. The van der Waals surface area contributed by atoms with Crippen LogP contribution in [-0.4, -0.2) is 21.7 Å². The summed E-state index contributed by atoms with van der Waals surface area (Å²) in [6, 6.07) is 0. The summed E-state index contributed by atoms with van der Waals surface area (Å²) in [4.78, 5) is 10.4. The van der Waals surface area contributed by atoms with Crippen molar-refractivity contribution in [2.45, 2.75) is 12.2 Å². The van der Waals surface area contributed by atoms with Gasteiger partial charge in [0.25, 0.3) is 0 Å². The van der Waals surface area contributed by atoms with E-state index < -0.39 is 5.97 Å². The Kier molecular flexibility index (Phi) is 2.56. The van der Waals surface area contributed by atoms with Crippen LogP contribution in [0, 0.1) is 0 Å². The number of aliphatic carboxylic acids is 1. The van der Waals surface area contributed by atoms with Crippen LogP contribution in [0.15, 0.2) is 11.5 Å². The van der Waals surface area contributed by atoms with Gasteiger partial charge in [-0.05, 0) is 12.3 Å². The molecule has 1 rings (SSSR count). The first-order valence-electron chi connectivity index (χ1n) is 2.83. The highest BCUT2D eigenvalue weighted by molar-refractivity contribution is 8.85. The molecule has 2 unspecified atom stereocenters. The van der Waals surface area contributed by atoms with Crippen LogP contribution in [0.1, 0.15) is 6.92 Å². The van der Waals surface area contributed by atoms with Crippen molar-refractivity contribution in [1.82, 2.24) is 0 Å². The van der Waals surface area contributed by atoms with Crippen LogP contribution in [0.3, 0.4) is 0 Å². The van der Waals surface area contributed by atoms with E-state index in [4.69, 9.17) is 5.11 Å². The molecule has 0 bridgehead atoms. The minimum Gasteiger partial charge on any atom is -0.480 e. The van der Waals surface area contributed by atoms with Gasteiger partial charge in [-0.1, -0.05) is 22.2 Å². The second kappa shape index (κ2) is 3.25. The summed E-state index contributed by atoms with van der Waals surface area (Å²) >= 11 is 0. The van der Waals surface area contributed by atoms with E-state index in [1.807, 2.05) is 17.7 Å². The minimum absolute atomic E-state index is 0.0454. The van der Waals surface area contributed by atoms with Crippen molar-refractivity contribution < 1.29 is 9.90 Å². The molecule has 0 radical (unpaired) electrons. The predicted molar refractivity (Wildman–Crippen MR) is 47.5 cm³/mol. The zero-order valence-corrected chi connectivity index (χ0v) is 7.11. The van der Waals surface area contributed by atoms with Gasteiger partial charge in [-0.2, -0.15) is 0 Å². The highest BCUT2D eigenvalue weighted by atomic mass is 33.1. The second-order valence-corrected chi connectivity index (χ2v) is 5.58. The van der Waals surface area contributed by atoms with Gasteiger partial charge in [-0.3, -0.25) is 4.79 Å². The SMILES string of the molecule is CC=S1C=CC(C(=O)O)S1. The van der Waals surface area contributed by atoms with Gasteiger partial charge in [0.1, 0.15) is 5.25 Å². The number of carboxylic acid groups (broad SMARTS) is 1. The first kappa shape index (κ1) is 7.88. The van der Waals surface area contributed by atoms with Crippen LogP contribution in [0.25, 0.3) is 0 Å². The molecule has 1 aliphatic heterocycles. The molecule has 2 atom stereocenters. The van der Waals surface area contributed by atoms with Crippen LogP contribution < -0.4 is 0 Å². The van der Waals surface area contributed by atoms with Gasteiger partial charge < -0.3 is 5.11 Å². The number of hydrogen-bond donors (Lipinski definition) is 1. The molecule has 0 aliphatic carbocycles. The topological polar surface area (TPSA) is 37.3 Å². The van der Waals surface area contributed by atoms with Crippen molar-refractivity contribution in [2.24, 2.45) is 0 Å². The molecule has 0 aromatic heterocycles. The minimum atomic E-state index is -0.738. The van der Waals surface area contributed by atoms with Gasteiger partial charge in [0.05, 0.1) is 0 Å². The molecule has 0 spiro atoms. The molecule has 2 nitrogen and oxygen atoms in total. The molecule has 0 aromatic carbocycles. The summed E-state index contributed by atoms with van der Waals surface area (Å²) in [5.41, 5.74) is 0. The highest BCUT2D eigenvalue weighted by Gasteiger charge is 2.19. The fourth-order valence-corrected chi connectivity index (χ4v) is 3.67. The number of hydrogen-bond acceptors (Lipinski definition) is 2. The van der Waals surface area contributed by atoms with Gasteiger partial charge in [0, 0.05) is 0 Å². The Balaban J connectivity index is 2.62. The van der Waals surface area contributed by atoms with E-state index in [1.54, 1.807) is 6.08 Å². The standard InChI is InChI=1S/C6H8O2S2/c1-2-10-4-3-5(9-10)6(7)8/h2-5H,1H3,(H,7,8). The Morgan fingerprint density at radius 3 is 2.90 bits per heavy atom. The Morgan fingerprint density at radius 2 is 2.60 bits per heavy atom. The lowest BCUT2D eigenvalue weighted by molar-refractivity contribution is -0.135. The maximum Gasteiger partial charge on any atom is 0.321 e. The van der Waals surface area contributed by atoms with E-state index in [1.165, 1.54) is 10.8 Å². The summed E-state index contributed by atoms with van der Waals surface area (Å²) in [7, 11) is 1.53. The maximum absolute atomic E-state index is 10.4. The summed E-state index contributed by atoms with van der Waals surface area (Å²) in [6.07, 6.45) is 1.75. The zero-order chi connectivity index (χ0) is 7.56. The molecule has 4 heteroatoms. The van der Waals surface area contributed by atoms with Crippen LogP contribution in [0.2, 0.25) is 0 Å². The molecule has 0 saturated heterocycles. The van der Waals surface area contributed by atoms with Crippen molar-refractivity contribution in [3.63, 3.8) is 0 Å². The quantitative estimate of drug-likeness (QED) is 0.488. The average molecular weight is 176 g/mol. The molecular weight excluding hydrogens is 168 g/mol. The van der Waals surface area contributed by atoms with Gasteiger partial charge in [-0.15, -0.1) is 9.52 Å². The van der Waals surface area contributed by atoms with Crippen LogP contribution in [0.4, 0.5) is 0 Å². The van der Waals surface area contributed by atoms with Gasteiger partial charge in [0.2, 0.25) is 0 Å².